The van der Waals surface area contributed by atoms with Gasteiger partial charge in [-0.2, -0.15) is 5.10 Å². The molecule has 2 atom stereocenters. The molecule has 0 aromatic carbocycles. The number of hydrogen-bond acceptors (Lipinski definition) is 3. The Morgan fingerprint density at radius 3 is 2.52 bits per heavy atom. The first-order chi connectivity index (χ1) is 9.84. The SMILES string of the molecule is CC(C)C1C(=O)NC(C)(C2CC2)C(=O)N1c1ccn(C)n1. The van der Waals surface area contributed by atoms with E-state index in [1.807, 2.05) is 27.8 Å². The van der Waals surface area contributed by atoms with Gasteiger partial charge in [-0.15, -0.1) is 0 Å². The van der Waals surface area contributed by atoms with Crippen molar-refractivity contribution >= 4 is 17.6 Å². The summed E-state index contributed by atoms with van der Waals surface area (Å²) in [5.74, 6) is 0.711. The summed E-state index contributed by atoms with van der Waals surface area (Å²) in [6.45, 7) is 5.75. The normalized spacial score (nSPS) is 30.0. The van der Waals surface area contributed by atoms with Crippen LogP contribution in [0.5, 0.6) is 0 Å². The third-order valence-corrected chi connectivity index (χ3v) is 4.56. The predicted molar refractivity (Wildman–Crippen MR) is 78.6 cm³/mol. The van der Waals surface area contributed by atoms with E-state index in [4.69, 9.17) is 0 Å². The van der Waals surface area contributed by atoms with Crippen LogP contribution in [0.3, 0.4) is 0 Å². The average Bonchev–Trinajstić information content (AvgIpc) is 3.17. The minimum absolute atomic E-state index is 0.0275. The van der Waals surface area contributed by atoms with Crippen LogP contribution in [0.25, 0.3) is 0 Å². The fraction of sp³-hybridized carbons (Fsp3) is 0.667. The maximum absolute atomic E-state index is 13.1. The Kier molecular flexibility index (Phi) is 3.07. The molecule has 0 radical (unpaired) electrons. The lowest BCUT2D eigenvalue weighted by atomic mass is 9.86. The molecule has 3 rings (SSSR count). The molecule has 2 aliphatic rings. The molecule has 1 saturated carbocycles. The van der Waals surface area contributed by atoms with E-state index in [1.165, 1.54) is 0 Å². The summed E-state index contributed by atoms with van der Waals surface area (Å²) in [7, 11) is 1.81. The first-order valence-electron chi connectivity index (χ1n) is 7.50. The molecule has 0 spiro atoms. The zero-order valence-electron chi connectivity index (χ0n) is 13.0. The Morgan fingerprint density at radius 2 is 2.05 bits per heavy atom. The Bertz CT molecular complexity index is 590. The van der Waals surface area contributed by atoms with E-state index >= 15 is 0 Å². The van der Waals surface area contributed by atoms with E-state index in [0.717, 1.165) is 12.8 Å². The van der Waals surface area contributed by atoms with Crippen LogP contribution in [-0.4, -0.2) is 33.2 Å². The number of carbonyl (C=O) groups is 2. The third kappa shape index (κ3) is 2.13. The van der Waals surface area contributed by atoms with E-state index < -0.39 is 11.6 Å². The Morgan fingerprint density at radius 1 is 1.38 bits per heavy atom. The molecule has 1 aromatic heterocycles. The third-order valence-electron chi connectivity index (χ3n) is 4.56. The maximum Gasteiger partial charge on any atom is 0.254 e. The monoisotopic (exact) mass is 290 g/mol. The van der Waals surface area contributed by atoms with Crippen LogP contribution in [0.1, 0.15) is 33.6 Å². The molecule has 6 nitrogen and oxygen atoms in total. The molecule has 1 aliphatic heterocycles. The number of carbonyl (C=O) groups excluding carboxylic acids is 2. The van der Waals surface area contributed by atoms with Crippen molar-refractivity contribution < 1.29 is 9.59 Å². The number of anilines is 1. The fourth-order valence-electron chi connectivity index (χ4n) is 3.19. The molecule has 1 saturated heterocycles. The van der Waals surface area contributed by atoms with Gasteiger partial charge in [0.2, 0.25) is 5.91 Å². The first kappa shape index (κ1) is 14.1. The molecular weight excluding hydrogens is 268 g/mol. The summed E-state index contributed by atoms with van der Waals surface area (Å²) in [5, 5.41) is 7.32. The number of amides is 2. The largest absolute Gasteiger partial charge is 0.340 e. The van der Waals surface area contributed by atoms with Crippen LogP contribution in [0.15, 0.2) is 12.3 Å². The quantitative estimate of drug-likeness (QED) is 0.905. The molecule has 6 heteroatoms. The van der Waals surface area contributed by atoms with Crippen LogP contribution < -0.4 is 10.2 Å². The number of nitrogens with zero attached hydrogens (tertiary/aromatic N) is 3. The van der Waals surface area contributed by atoms with Crippen molar-refractivity contribution in [1.29, 1.82) is 0 Å². The van der Waals surface area contributed by atoms with E-state index in [2.05, 4.69) is 10.4 Å². The van der Waals surface area contributed by atoms with E-state index in [9.17, 15) is 9.59 Å². The second kappa shape index (κ2) is 4.58. The van der Waals surface area contributed by atoms with Crippen molar-refractivity contribution in [2.45, 2.75) is 45.2 Å². The van der Waals surface area contributed by atoms with Crippen molar-refractivity contribution in [3.63, 3.8) is 0 Å². The Labute approximate surface area is 124 Å². The molecule has 2 unspecified atom stereocenters. The number of nitrogens with one attached hydrogen (secondary N) is 1. The number of piperazine rings is 1. The Hall–Kier alpha value is -1.85. The number of aromatic nitrogens is 2. The zero-order valence-corrected chi connectivity index (χ0v) is 13.0. The summed E-state index contributed by atoms with van der Waals surface area (Å²) in [4.78, 5) is 27.2. The van der Waals surface area contributed by atoms with Gasteiger partial charge in [-0.05, 0) is 31.6 Å². The highest BCUT2D eigenvalue weighted by Gasteiger charge is 2.56. The second-order valence-corrected chi connectivity index (χ2v) is 6.68. The summed E-state index contributed by atoms with van der Waals surface area (Å²) in [6.07, 6.45) is 3.77. The summed E-state index contributed by atoms with van der Waals surface area (Å²) < 4.78 is 1.65. The van der Waals surface area contributed by atoms with Crippen molar-refractivity contribution in [3.05, 3.63) is 12.3 Å². The highest BCUT2D eigenvalue weighted by Crippen LogP contribution is 2.43. The van der Waals surface area contributed by atoms with E-state index in [1.54, 1.807) is 21.8 Å². The molecule has 1 aliphatic carbocycles. The van der Waals surface area contributed by atoms with Gasteiger partial charge in [-0.3, -0.25) is 19.2 Å². The van der Waals surface area contributed by atoms with Crippen molar-refractivity contribution in [2.24, 2.45) is 18.9 Å². The predicted octanol–water partition coefficient (Wildman–Crippen LogP) is 1.08. The van der Waals surface area contributed by atoms with Gasteiger partial charge in [0.25, 0.3) is 5.91 Å². The first-order valence-corrected chi connectivity index (χ1v) is 7.50. The summed E-state index contributed by atoms with van der Waals surface area (Å²) in [6, 6.07) is 1.29. The van der Waals surface area contributed by atoms with Gasteiger partial charge in [0.05, 0.1) is 0 Å². The van der Waals surface area contributed by atoms with Crippen LogP contribution in [-0.2, 0) is 16.6 Å². The van der Waals surface area contributed by atoms with Crippen molar-refractivity contribution in [2.75, 3.05) is 4.90 Å². The number of rotatable bonds is 3. The minimum Gasteiger partial charge on any atom is -0.340 e. The lowest BCUT2D eigenvalue weighted by Crippen LogP contribution is -2.71. The molecule has 1 aromatic rings. The molecular formula is C15H22N4O2. The average molecular weight is 290 g/mol. The van der Waals surface area contributed by atoms with Gasteiger partial charge in [0, 0.05) is 19.3 Å². The van der Waals surface area contributed by atoms with Gasteiger partial charge in [-0.1, -0.05) is 13.8 Å². The molecule has 21 heavy (non-hydrogen) atoms. The van der Waals surface area contributed by atoms with Gasteiger partial charge in [0.15, 0.2) is 5.82 Å². The highest BCUT2D eigenvalue weighted by atomic mass is 16.2. The maximum atomic E-state index is 13.1. The molecule has 0 bridgehead atoms. The standard InChI is InChI=1S/C15H22N4O2/c1-9(2)12-13(20)16-15(3,10-5-6-10)14(21)19(12)11-7-8-18(4)17-11/h7-10,12H,5-6H2,1-4H3,(H,16,20). The van der Waals surface area contributed by atoms with Gasteiger partial charge in [0.1, 0.15) is 11.6 Å². The van der Waals surface area contributed by atoms with Crippen LogP contribution >= 0.6 is 0 Å². The topological polar surface area (TPSA) is 67.2 Å². The molecule has 2 amide bonds. The fourth-order valence-corrected chi connectivity index (χ4v) is 3.19. The second-order valence-electron chi connectivity index (χ2n) is 6.68. The lowest BCUT2D eigenvalue weighted by molar-refractivity contribution is -0.139. The number of hydrogen-bond donors (Lipinski definition) is 1. The van der Waals surface area contributed by atoms with Crippen molar-refractivity contribution in [3.8, 4) is 0 Å². The van der Waals surface area contributed by atoms with E-state index in [0.29, 0.717) is 5.82 Å². The summed E-state index contributed by atoms with van der Waals surface area (Å²) in [5.41, 5.74) is -0.792. The van der Waals surface area contributed by atoms with Gasteiger partial charge < -0.3 is 5.32 Å². The van der Waals surface area contributed by atoms with Crippen molar-refractivity contribution in [1.82, 2.24) is 15.1 Å². The molecule has 114 valence electrons. The van der Waals surface area contributed by atoms with Crippen LogP contribution in [0, 0.1) is 11.8 Å². The lowest BCUT2D eigenvalue weighted by Gasteiger charge is -2.45. The van der Waals surface area contributed by atoms with Crippen LogP contribution in [0.4, 0.5) is 5.82 Å². The van der Waals surface area contributed by atoms with Crippen LogP contribution in [0.2, 0.25) is 0 Å². The van der Waals surface area contributed by atoms with Gasteiger partial charge >= 0.3 is 0 Å². The molecule has 2 heterocycles. The molecule has 1 N–H and O–H groups in total. The van der Waals surface area contributed by atoms with E-state index in [-0.39, 0.29) is 23.7 Å². The summed E-state index contributed by atoms with van der Waals surface area (Å²) >= 11 is 0. The Balaban J connectivity index is 2.04. The number of aryl methyl sites for hydroxylation is 1. The molecule has 2 fully saturated rings. The zero-order chi connectivity index (χ0) is 15.4. The van der Waals surface area contributed by atoms with Gasteiger partial charge in [-0.25, -0.2) is 0 Å². The highest BCUT2D eigenvalue weighted by molar-refractivity contribution is 6.10. The smallest absolute Gasteiger partial charge is 0.254 e. The minimum atomic E-state index is -0.792.